The lowest BCUT2D eigenvalue weighted by Gasteiger charge is -2.31. The van der Waals surface area contributed by atoms with E-state index in [4.69, 9.17) is 9.26 Å². The number of aromatic nitrogens is 2. The van der Waals surface area contributed by atoms with Crippen LogP contribution in [0.3, 0.4) is 0 Å². The first-order valence-corrected chi connectivity index (χ1v) is 13.0. The molecule has 0 aliphatic carbocycles. The molecular formula is C22H26N4O5S2. The molecule has 1 amide bonds. The Morgan fingerprint density at radius 1 is 1.33 bits per heavy atom. The molecule has 1 N–H and O–H groups in total. The van der Waals surface area contributed by atoms with Crippen molar-refractivity contribution >= 4 is 33.0 Å². The summed E-state index contributed by atoms with van der Waals surface area (Å²) >= 11 is 1.30. The molecule has 1 saturated heterocycles. The summed E-state index contributed by atoms with van der Waals surface area (Å²) < 4.78 is 38.9. The van der Waals surface area contributed by atoms with Gasteiger partial charge in [-0.1, -0.05) is 17.3 Å². The number of sulfonamides is 1. The standard InChI is InChI=1S/C22H26N4O5S2/c1-4-30-18-10-6-5-9-17(18)24-22(27)16-8-7-11-26(13-16)33(28,29)20-12-19(32-14(20)2)21-23-15(3)31-25-21/h5-6,9-10,12,16H,4,7-8,11,13H2,1-3H3,(H,24,27)/t16-/m0/s1. The highest BCUT2D eigenvalue weighted by Gasteiger charge is 2.35. The summed E-state index contributed by atoms with van der Waals surface area (Å²) in [5.41, 5.74) is 0.582. The Morgan fingerprint density at radius 2 is 2.12 bits per heavy atom. The maximum Gasteiger partial charge on any atom is 0.244 e. The van der Waals surface area contributed by atoms with Gasteiger partial charge in [-0.25, -0.2) is 8.42 Å². The van der Waals surface area contributed by atoms with Gasteiger partial charge in [0.25, 0.3) is 0 Å². The second-order valence-electron chi connectivity index (χ2n) is 7.79. The Balaban J connectivity index is 1.51. The van der Waals surface area contributed by atoms with E-state index in [1.165, 1.54) is 15.6 Å². The molecule has 0 unspecified atom stereocenters. The highest BCUT2D eigenvalue weighted by atomic mass is 32.2. The van der Waals surface area contributed by atoms with Gasteiger partial charge in [0.2, 0.25) is 27.6 Å². The molecule has 2 aromatic heterocycles. The zero-order valence-electron chi connectivity index (χ0n) is 18.7. The summed E-state index contributed by atoms with van der Waals surface area (Å²) in [5.74, 6) is 0.697. The van der Waals surface area contributed by atoms with Crippen molar-refractivity contribution in [3.05, 3.63) is 41.1 Å². The van der Waals surface area contributed by atoms with Crippen molar-refractivity contribution < 1.29 is 22.5 Å². The van der Waals surface area contributed by atoms with Crippen molar-refractivity contribution in [2.45, 2.75) is 38.5 Å². The topological polar surface area (TPSA) is 115 Å². The van der Waals surface area contributed by atoms with Gasteiger partial charge in [-0.2, -0.15) is 9.29 Å². The number of amides is 1. The van der Waals surface area contributed by atoms with Crippen molar-refractivity contribution in [1.29, 1.82) is 0 Å². The van der Waals surface area contributed by atoms with Crippen LogP contribution < -0.4 is 10.1 Å². The third-order valence-electron chi connectivity index (χ3n) is 5.44. The molecule has 0 bridgehead atoms. The molecule has 11 heteroatoms. The van der Waals surface area contributed by atoms with Gasteiger partial charge in [0.1, 0.15) is 5.75 Å². The molecule has 1 aliphatic rings. The molecule has 1 aliphatic heterocycles. The molecule has 0 spiro atoms. The number of hydrogen-bond acceptors (Lipinski definition) is 8. The van der Waals surface area contributed by atoms with Crippen molar-refractivity contribution in [2.75, 3.05) is 25.0 Å². The largest absolute Gasteiger partial charge is 0.492 e. The summed E-state index contributed by atoms with van der Waals surface area (Å²) in [6.07, 6.45) is 1.22. The van der Waals surface area contributed by atoms with E-state index in [0.717, 1.165) is 0 Å². The first kappa shape index (κ1) is 23.4. The number of hydrogen-bond donors (Lipinski definition) is 1. The van der Waals surface area contributed by atoms with E-state index in [2.05, 4.69) is 15.5 Å². The van der Waals surface area contributed by atoms with Gasteiger partial charge < -0.3 is 14.6 Å². The number of benzene rings is 1. The predicted molar refractivity (Wildman–Crippen MR) is 125 cm³/mol. The van der Waals surface area contributed by atoms with Crippen LogP contribution >= 0.6 is 11.3 Å². The fraction of sp³-hybridized carbons (Fsp3) is 0.409. The number of nitrogens with one attached hydrogen (secondary N) is 1. The number of nitrogens with zero attached hydrogens (tertiary/aromatic N) is 3. The normalized spacial score (nSPS) is 17.1. The van der Waals surface area contributed by atoms with Crippen LogP contribution in [0.1, 0.15) is 30.5 Å². The molecule has 9 nitrogen and oxygen atoms in total. The predicted octanol–water partition coefficient (Wildman–Crippen LogP) is 3.85. The van der Waals surface area contributed by atoms with Crippen LogP contribution in [0, 0.1) is 19.8 Å². The molecule has 0 saturated carbocycles. The van der Waals surface area contributed by atoms with E-state index in [1.54, 1.807) is 32.0 Å². The lowest BCUT2D eigenvalue weighted by Crippen LogP contribution is -2.43. The zero-order valence-corrected chi connectivity index (χ0v) is 20.3. The Hall–Kier alpha value is -2.76. The number of thiophene rings is 1. The number of piperidine rings is 1. The smallest absolute Gasteiger partial charge is 0.244 e. The highest BCUT2D eigenvalue weighted by Crippen LogP contribution is 2.35. The Morgan fingerprint density at radius 3 is 2.85 bits per heavy atom. The lowest BCUT2D eigenvalue weighted by molar-refractivity contribution is -0.120. The second-order valence-corrected chi connectivity index (χ2v) is 11.0. The minimum absolute atomic E-state index is 0.122. The Kier molecular flexibility index (Phi) is 6.82. The van der Waals surface area contributed by atoms with E-state index in [1.807, 2.05) is 19.1 Å². The molecule has 1 atom stereocenters. The Bertz CT molecular complexity index is 1250. The van der Waals surface area contributed by atoms with Crippen molar-refractivity contribution in [3.63, 3.8) is 0 Å². The maximum absolute atomic E-state index is 13.4. The second kappa shape index (κ2) is 9.62. The molecule has 176 valence electrons. The summed E-state index contributed by atoms with van der Waals surface area (Å²) in [5, 5.41) is 6.79. The first-order chi connectivity index (χ1) is 15.8. The van der Waals surface area contributed by atoms with Crippen LogP contribution in [0.4, 0.5) is 5.69 Å². The number of anilines is 1. The number of ether oxygens (including phenoxy) is 1. The van der Waals surface area contributed by atoms with E-state index in [-0.39, 0.29) is 17.3 Å². The minimum Gasteiger partial charge on any atom is -0.492 e. The van der Waals surface area contributed by atoms with Crippen molar-refractivity contribution in [3.8, 4) is 16.5 Å². The Labute approximate surface area is 196 Å². The van der Waals surface area contributed by atoms with Crippen molar-refractivity contribution in [1.82, 2.24) is 14.4 Å². The van der Waals surface area contributed by atoms with Crippen LogP contribution in [0.2, 0.25) is 0 Å². The van der Waals surface area contributed by atoms with E-state index >= 15 is 0 Å². The first-order valence-electron chi connectivity index (χ1n) is 10.7. The van der Waals surface area contributed by atoms with Gasteiger partial charge in [0.05, 0.1) is 28.0 Å². The van der Waals surface area contributed by atoms with Crippen LogP contribution in [0.15, 0.2) is 39.8 Å². The van der Waals surface area contributed by atoms with Crippen molar-refractivity contribution in [2.24, 2.45) is 5.92 Å². The number of para-hydroxylation sites is 2. The third-order valence-corrected chi connectivity index (χ3v) is 8.60. The maximum atomic E-state index is 13.4. The third kappa shape index (κ3) is 4.94. The number of carbonyl (C=O) groups is 1. The fourth-order valence-corrected chi connectivity index (χ4v) is 6.84. The van der Waals surface area contributed by atoms with Crippen LogP contribution in [0.25, 0.3) is 10.7 Å². The van der Waals surface area contributed by atoms with Crippen LogP contribution in [-0.2, 0) is 14.8 Å². The number of aryl methyl sites for hydroxylation is 2. The summed E-state index contributed by atoms with van der Waals surface area (Å²) in [4.78, 5) is 18.7. The molecule has 1 fully saturated rings. The quantitative estimate of drug-likeness (QED) is 0.535. The molecular weight excluding hydrogens is 464 g/mol. The average molecular weight is 491 g/mol. The monoisotopic (exact) mass is 490 g/mol. The van der Waals surface area contributed by atoms with E-state index < -0.39 is 15.9 Å². The highest BCUT2D eigenvalue weighted by molar-refractivity contribution is 7.89. The molecule has 0 radical (unpaired) electrons. The zero-order chi connectivity index (χ0) is 23.6. The van der Waals surface area contributed by atoms with Gasteiger partial charge in [-0.05, 0) is 44.9 Å². The number of rotatable bonds is 7. The molecule has 3 heterocycles. The average Bonchev–Trinajstić information content (AvgIpc) is 3.41. The van der Waals surface area contributed by atoms with Gasteiger partial charge in [-0.15, -0.1) is 11.3 Å². The van der Waals surface area contributed by atoms with E-state index in [9.17, 15) is 13.2 Å². The van der Waals surface area contributed by atoms with Gasteiger partial charge in [0.15, 0.2) is 0 Å². The lowest BCUT2D eigenvalue weighted by atomic mass is 9.98. The van der Waals surface area contributed by atoms with E-state index in [0.29, 0.717) is 58.9 Å². The van der Waals surface area contributed by atoms with Gasteiger partial charge >= 0.3 is 0 Å². The fourth-order valence-electron chi connectivity index (χ4n) is 3.83. The van der Waals surface area contributed by atoms with Crippen LogP contribution in [-0.4, -0.2) is 48.5 Å². The molecule has 33 heavy (non-hydrogen) atoms. The summed E-state index contributed by atoms with van der Waals surface area (Å²) in [6.45, 7) is 6.28. The molecule has 1 aromatic carbocycles. The van der Waals surface area contributed by atoms with Crippen LogP contribution in [0.5, 0.6) is 5.75 Å². The summed E-state index contributed by atoms with van der Waals surface area (Å²) in [6, 6.07) is 8.80. The SMILES string of the molecule is CCOc1ccccc1NC(=O)[C@H]1CCCN(S(=O)(=O)c2cc(-c3noc(C)n3)sc2C)C1. The molecule has 4 rings (SSSR count). The van der Waals surface area contributed by atoms with Gasteiger partial charge in [0, 0.05) is 24.9 Å². The minimum atomic E-state index is -3.78. The summed E-state index contributed by atoms with van der Waals surface area (Å²) in [7, 11) is -3.78. The molecule has 3 aromatic rings. The number of carbonyl (C=O) groups excluding carboxylic acids is 1. The van der Waals surface area contributed by atoms with Gasteiger partial charge in [-0.3, -0.25) is 4.79 Å².